The molecule has 268 valence electrons. The van der Waals surface area contributed by atoms with Crippen molar-refractivity contribution in [3.63, 3.8) is 0 Å². The van der Waals surface area contributed by atoms with E-state index in [2.05, 4.69) is 194 Å². The van der Waals surface area contributed by atoms with Gasteiger partial charge in [0.1, 0.15) is 22.3 Å². The predicted molar refractivity (Wildman–Crippen MR) is 245 cm³/mol. The maximum atomic E-state index is 6.85. The molecule has 0 fully saturated rings. The summed E-state index contributed by atoms with van der Waals surface area (Å²) < 4.78 is 13.7. The molecule has 2 heteroatoms. The van der Waals surface area contributed by atoms with Crippen LogP contribution in [0.25, 0.3) is 131 Å². The number of benzene rings is 11. The maximum Gasteiger partial charge on any atom is 0.143 e. The molecule has 2 heterocycles. The summed E-state index contributed by atoms with van der Waals surface area (Å²) in [4.78, 5) is 0. The first-order chi connectivity index (χ1) is 28.8. The van der Waals surface area contributed by atoms with Gasteiger partial charge in [0, 0.05) is 32.7 Å². The Bertz CT molecular complexity index is 3640. The Hall–Kier alpha value is -7.68. The summed E-state index contributed by atoms with van der Waals surface area (Å²) in [6, 6.07) is 70.3. The molecule has 2 nitrogen and oxygen atoms in total. The lowest BCUT2D eigenvalue weighted by Gasteiger charge is -2.19. The van der Waals surface area contributed by atoms with Crippen molar-refractivity contribution in [2.75, 3.05) is 0 Å². The van der Waals surface area contributed by atoms with Gasteiger partial charge in [0.2, 0.25) is 0 Å². The van der Waals surface area contributed by atoms with Crippen molar-refractivity contribution in [1.29, 1.82) is 0 Å². The van der Waals surface area contributed by atoms with Crippen LogP contribution in [0.1, 0.15) is 0 Å². The van der Waals surface area contributed by atoms with Gasteiger partial charge in [-0.05, 0) is 106 Å². The van der Waals surface area contributed by atoms with E-state index >= 15 is 0 Å². The molecule has 0 radical (unpaired) electrons. The summed E-state index contributed by atoms with van der Waals surface area (Å²) >= 11 is 0. The van der Waals surface area contributed by atoms with Gasteiger partial charge < -0.3 is 8.83 Å². The highest BCUT2D eigenvalue weighted by atomic mass is 16.3. The van der Waals surface area contributed by atoms with E-state index in [1.54, 1.807) is 0 Å². The molecule has 0 bridgehead atoms. The smallest absolute Gasteiger partial charge is 0.143 e. The van der Waals surface area contributed by atoms with E-state index in [1.165, 1.54) is 65.0 Å². The van der Waals surface area contributed by atoms with Gasteiger partial charge in [0.05, 0.1) is 0 Å². The SMILES string of the molecule is c1ccc2c(-c3c4cccc(-c5cc6ccccc6c6c5oc5ccccc56)c4cc4c(-c5cc6ccccc6c6c5oc5ccccc56)cccc34)cccc2c1. The Morgan fingerprint density at radius 3 is 1.19 bits per heavy atom. The fourth-order valence-corrected chi connectivity index (χ4v) is 9.92. The van der Waals surface area contributed by atoms with Crippen molar-refractivity contribution in [1.82, 2.24) is 0 Å². The fourth-order valence-electron chi connectivity index (χ4n) is 9.92. The molecule has 11 aromatic carbocycles. The van der Waals surface area contributed by atoms with Crippen LogP contribution in [0.3, 0.4) is 0 Å². The monoisotopic (exact) mass is 736 g/mol. The summed E-state index contributed by atoms with van der Waals surface area (Å²) in [6.07, 6.45) is 0. The Morgan fingerprint density at radius 2 is 0.638 bits per heavy atom. The normalized spacial score (nSPS) is 12.1. The van der Waals surface area contributed by atoms with E-state index in [0.717, 1.165) is 66.1 Å². The van der Waals surface area contributed by atoms with Crippen molar-refractivity contribution >= 4 is 97.7 Å². The quantitative estimate of drug-likeness (QED) is 0.169. The van der Waals surface area contributed by atoms with E-state index in [9.17, 15) is 0 Å². The van der Waals surface area contributed by atoms with Crippen LogP contribution in [0.5, 0.6) is 0 Å². The van der Waals surface area contributed by atoms with Gasteiger partial charge >= 0.3 is 0 Å². The van der Waals surface area contributed by atoms with Gasteiger partial charge in [-0.25, -0.2) is 0 Å². The van der Waals surface area contributed by atoms with Crippen LogP contribution in [0.4, 0.5) is 0 Å². The predicted octanol–water partition coefficient (Wildman–Crippen LogP) is 16.3. The first-order valence-electron chi connectivity index (χ1n) is 19.9. The molecule has 2 aromatic heterocycles. The van der Waals surface area contributed by atoms with Gasteiger partial charge in [-0.2, -0.15) is 0 Å². The average Bonchev–Trinajstić information content (AvgIpc) is 3.87. The average molecular weight is 737 g/mol. The maximum absolute atomic E-state index is 6.85. The van der Waals surface area contributed by atoms with Crippen LogP contribution >= 0.6 is 0 Å². The minimum atomic E-state index is 0.894. The number of hydrogen-bond acceptors (Lipinski definition) is 2. The Kier molecular flexibility index (Phi) is 6.47. The molecule has 0 N–H and O–H groups in total. The lowest BCUT2D eigenvalue weighted by molar-refractivity contribution is 0.670. The standard InChI is InChI=1S/C56H32O2/c1-4-18-36-33(14-1)17-11-25-41(36)52-42-26-12-23-39(48-30-34-15-2-5-19-37(34)53-44-21-7-9-28-50(44)57-55(48)53)46(42)32-47-40(24-13-27-43(47)52)49-31-35-16-3-6-20-38(35)54-45-22-8-10-29-51(45)58-56(49)54/h1-32H. The van der Waals surface area contributed by atoms with Gasteiger partial charge in [0.25, 0.3) is 0 Å². The molecule has 0 aliphatic carbocycles. The highest BCUT2D eigenvalue weighted by Gasteiger charge is 2.23. The van der Waals surface area contributed by atoms with E-state index in [0.29, 0.717) is 0 Å². The van der Waals surface area contributed by atoms with Crippen LogP contribution in [-0.2, 0) is 0 Å². The first-order valence-corrected chi connectivity index (χ1v) is 19.9. The summed E-state index contributed by atoms with van der Waals surface area (Å²) in [5, 5.41) is 16.5. The topological polar surface area (TPSA) is 26.3 Å². The number of para-hydroxylation sites is 2. The van der Waals surface area contributed by atoms with Crippen molar-refractivity contribution in [2.45, 2.75) is 0 Å². The molecule has 0 atom stereocenters. The van der Waals surface area contributed by atoms with Crippen LogP contribution < -0.4 is 0 Å². The van der Waals surface area contributed by atoms with Crippen LogP contribution in [0, 0.1) is 0 Å². The first kappa shape index (κ1) is 31.5. The molecule has 0 saturated carbocycles. The van der Waals surface area contributed by atoms with Crippen molar-refractivity contribution in [3.8, 4) is 33.4 Å². The lowest BCUT2D eigenvalue weighted by atomic mass is 9.84. The third-order valence-corrected chi connectivity index (χ3v) is 12.4. The van der Waals surface area contributed by atoms with Crippen LogP contribution in [0.2, 0.25) is 0 Å². The molecule has 0 aliphatic heterocycles. The largest absolute Gasteiger partial charge is 0.455 e. The van der Waals surface area contributed by atoms with E-state index < -0.39 is 0 Å². The summed E-state index contributed by atoms with van der Waals surface area (Å²) in [5.41, 5.74) is 10.5. The van der Waals surface area contributed by atoms with Gasteiger partial charge in [0.15, 0.2) is 0 Å². The number of rotatable bonds is 3. The Morgan fingerprint density at radius 1 is 0.241 bits per heavy atom. The number of hydrogen-bond donors (Lipinski definition) is 0. The molecule has 0 aliphatic rings. The number of furan rings is 2. The second kappa shape index (κ2) is 11.9. The van der Waals surface area contributed by atoms with E-state index in [4.69, 9.17) is 8.83 Å². The minimum Gasteiger partial charge on any atom is -0.455 e. The second-order valence-corrected chi connectivity index (χ2v) is 15.5. The second-order valence-electron chi connectivity index (χ2n) is 15.5. The summed E-state index contributed by atoms with van der Waals surface area (Å²) in [7, 11) is 0. The molecule has 13 aromatic rings. The number of fused-ring (bicyclic) bond motifs is 13. The molecule has 0 saturated heterocycles. The third kappa shape index (κ3) is 4.37. The molecule has 0 spiro atoms. The van der Waals surface area contributed by atoms with Gasteiger partial charge in [-0.1, -0.05) is 164 Å². The minimum absolute atomic E-state index is 0.894. The molecular weight excluding hydrogens is 705 g/mol. The molecule has 0 unspecified atom stereocenters. The van der Waals surface area contributed by atoms with E-state index in [1.807, 2.05) is 0 Å². The zero-order valence-electron chi connectivity index (χ0n) is 31.3. The van der Waals surface area contributed by atoms with Crippen molar-refractivity contribution in [3.05, 3.63) is 194 Å². The molecule has 0 amide bonds. The Labute approximate surface area is 332 Å². The van der Waals surface area contributed by atoms with Crippen molar-refractivity contribution < 1.29 is 8.83 Å². The Balaban J connectivity index is 1.22. The molecule has 58 heavy (non-hydrogen) atoms. The van der Waals surface area contributed by atoms with Gasteiger partial charge in [-0.15, -0.1) is 0 Å². The highest BCUT2D eigenvalue weighted by Crippen LogP contribution is 2.49. The van der Waals surface area contributed by atoms with Gasteiger partial charge in [-0.3, -0.25) is 0 Å². The fraction of sp³-hybridized carbons (Fsp3) is 0. The molecular formula is C56H32O2. The van der Waals surface area contributed by atoms with E-state index in [-0.39, 0.29) is 0 Å². The molecule has 13 rings (SSSR count). The summed E-state index contributed by atoms with van der Waals surface area (Å²) in [5.74, 6) is 0. The lowest BCUT2D eigenvalue weighted by Crippen LogP contribution is -1.92. The third-order valence-electron chi connectivity index (χ3n) is 12.4. The summed E-state index contributed by atoms with van der Waals surface area (Å²) in [6.45, 7) is 0. The highest BCUT2D eigenvalue weighted by molar-refractivity contribution is 6.28. The van der Waals surface area contributed by atoms with Crippen LogP contribution in [0.15, 0.2) is 203 Å². The van der Waals surface area contributed by atoms with Crippen LogP contribution in [-0.4, -0.2) is 0 Å². The zero-order valence-corrected chi connectivity index (χ0v) is 31.3. The zero-order chi connectivity index (χ0) is 37.9. The van der Waals surface area contributed by atoms with Crippen molar-refractivity contribution in [2.24, 2.45) is 0 Å².